The first-order chi connectivity index (χ1) is 12.1. The molecule has 0 radical (unpaired) electrons. The Balaban J connectivity index is 1.51. The van der Waals surface area contributed by atoms with Crippen molar-refractivity contribution >= 4 is 17.2 Å². The predicted octanol–water partition coefficient (Wildman–Crippen LogP) is 3.12. The van der Waals surface area contributed by atoms with Crippen molar-refractivity contribution in [3.63, 3.8) is 0 Å². The van der Waals surface area contributed by atoms with Gasteiger partial charge in [-0.1, -0.05) is 5.92 Å². The molecule has 2 aromatic rings. The molecule has 2 aliphatic carbocycles. The second-order valence-corrected chi connectivity index (χ2v) is 8.04. The minimum atomic E-state index is -0.152. The van der Waals surface area contributed by atoms with Gasteiger partial charge in [0.1, 0.15) is 5.69 Å². The summed E-state index contributed by atoms with van der Waals surface area (Å²) in [6.45, 7) is 1.99. The third-order valence-electron chi connectivity index (χ3n) is 5.30. The van der Waals surface area contributed by atoms with Crippen LogP contribution in [0.25, 0.3) is 0 Å². The zero-order valence-corrected chi connectivity index (χ0v) is 15.0. The highest BCUT2D eigenvalue weighted by Gasteiger charge is 2.51. The molecule has 0 aliphatic heterocycles. The van der Waals surface area contributed by atoms with E-state index in [9.17, 15) is 4.79 Å². The maximum Gasteiger partial charge on any atom is 0.271 e. The molecule has 5 nitrogen and oxygen atoms in total. The van der Waals surface area contributed by atoms with Crippen LogP contribution in [0.4, 0.5) is 0 Å². The second kappa shape index (κ2) is 6.23. The lowest BCUT2D eigenvalue weighted by atomic mass is 9.73. The minimum Gasteiger partial charge on any atom is -0.345 e. The number of hydrogen-bond donors (Lipinski definition) is 1. The van der Waals surface area contributed by atoms with Crippen LogP contribution in [0.3, 0.4) is 0 Å². The van der Waals surface area contributed by atoms with Crippen molar-refractivity contribution in [3.05, 3.63) is 40.4 Å². The van der Waals surface area contributed by atoms with E-state index in [0.29, 0.717) is 5.69 Å². The molecule has 4 rings (SSSR count). The van der Waals surface area contributed by atoms with E-state index in [2.05, 4.69) is 32.1 Å². The average Bonchev–Trinajstić information content (AvgIpc) is 3.15. The molecule has 2 saturated carbocycles. The predicted molar refractivity (Wildman–Crippen MR) is 96.1 cm³/mol. The molecule has 128 valence electrons. The average molecular weight is 352 g/mol. The lowest BCUT2D eigenvalue weighted by Gasteiger charge is -2.37. The molecule has 0 aromatic carbocycles. The summed E-state index contributed by atoms with van der Waals surface area (Å²) in [5.74, 6) is 6.66. The molecule has 2 bridgehead atoms. The second-order valence-electron chi connectivity index (χ2n) is 7.18. The fourth-order valence-electron chi connectivity index (χ4n) is 4.15. The lowest BCUT2D eigenvalue weighted by Crippen LogP contribution is -2.49. The third kappa shape index (κ3) is 3.29. The Kier molecular flexibility index (Phi) is 4.04. The van der Waals surface area contributed by atoms with Crippen molar-refractivity contribution in [2.75, 3.05) is 0 Å². The van der Waals surface area contributed by atoms with Gasteiger partial charge in [-0.05, 0) is 51.4 Å². The molecule has 0 spiro atoms. The molecule has 0 unspecified atom stereocenters. The number of hydrogen-bond acceptors (Lipinski definition) is 5. The highest BCUT2D eigenvalue weighted by Crippen LogP contribution is 2.53. The van der Waals surface area contributed by atoms with Crippen LogP contribution in [0.5, 0.6) is 0 Å². The number of nitrogens with one attached hydrogen (secondary N) is 1. The fraction of sp³-hybridized carbons (Fsp3) is 0.474. The van der Waals surface area contributed by atoms with E-state index in [0.717, 1.165) is 49.2 Å². The summed E-state index contributed by atoms with van der Waals surface area (Å²) in [5, 5.41) is 6.16. The standard InChI is InChI=1S/C19H20N4OS/c1-14-12-25-16(22-14)3-6-18-4-2-5-19(13-18,8-7-18)23-17(24)15-11-20-9-10-21-15/h9-12H,2,4-5,7-8,13H2,1H3,(H,23,24)/t18-,19+/m0/s1. The highest BCUT2D eigenvalue weighted by atomic mass is 32.1. The number of amides is 1. The van der Waals surface area contributed by atoms with Crippen molar-refractivity contribution in [2.45, 2.75) is 51.0 Å². The van der Waals surface area contributed by atoms with E-state index in [1.54, 1.807) is 23.7 Å². The molecule has 2 aromatic heterocycles. The first-order valence-corrected chi connectivity index (χ1v) is 9.50. The summed E-state index contributed by atoms with van der Waals surface area (Å²) in [7, 11) is 0. The molecule has 2 aliphatic rings. The molecule has 2 fully saturated rings. The van der Waals surface area contributed by atoms with E-state index in [-0.39, 0.29) is 16.9 Å². The van der Waals surface area contributed by atoms with Crippen molar-refractivity contribution in [2.24, 2.45) is 5.41 Å². The molecular formula is C19H20N4OS. The number of carbonyl (C=O) groups is 1. The van der Waals surface area contributed by atoms with Crippen LogP contribution in [-0.2, 0) is 0 Å². The Labute approximate surface area is 151 Å². The number of fused-ring (bicyclic) bond motifs is 2. The van der Waals surface area contributed by atoms with Gasteiger partial charge in [-0.15, -0.1) is 11.3 Å². The first-order valence-electron chi connectivity index (χ1n) is 8.62. The molecule has 1 N–H and O–H groups in total. The summed E-state index contributed by atoms with van der Waals surface area (Å²) in [6.07, 6.45) is 10.8. The van der Waals surface area contributed by atoms with Gasteiger partial charge in [-0.2, -0.15) is 0 Å². The monoisotopic (exact) mass is 352 g/mol. The SMILES string of the molecule is Cc1csc(C#C[C@@]23CCC[C@@](NC(=O)c4cnccn4)(CC2)C3)n1. The van der Waals surface area contributed by atoms with Crippen LogP contribution in [0.2, 0.25) is 0 Å². The molecule has 6 heteroatoms. The fourth-order valence-corrected chi connectivity index (χ4v) is 4.79. The van der Waals surface area contributed by atoms with E-state index in [4.69, 9.17) is 0 Å². The van der Waals surface area contributed by atoms with Crippen LogP contribution in [0.1, 0.15) is 59.7 Å². The maximum atomic E-state index is 12.5. The van der Waals surface area contributed by atoms with Crippen LogP contribution in [0, 0.1) is 24.2 Å². The van der Waals surface area contributed by atoms with Crippen LogP contribution in [-0.4, -0.2) is 26.4 Å². The quantitative estimate of drug-likeness (QED) is 0.843. The topological polar surface area (TPSA) is 67.8 Å². The van der Waals surface area contributed by atoms with E-state index in [1.165, 1.54) is 6.20 Å². The van der Waals surface area contributed by atoms with E-state index < -0.39 is 0 Å². The number of aryl methyl sites for hydroxylation is 1. The Morgan fingerprint density at radius 2 is 2.20 bits per heavy atom. The van der Waals surface area contributed by atoms with Crippen molar-refractivity contribution in [1.29, 1.82) is 0 Å². The van der Waals surface area contributed by atoms with Gasteiger partial charge in [0.05, 0.1) is 6.20 Å². The van der Waals surface area contributed by atoms with Crippen LogP contribution >= 0.6 is 11.3 Å². The van der Waals surface area contributed by atoms with E-state index >= 15 is 0 Å². The van der Waals surface area contributed by atoms with Gasteiger partial charge in [-0.25, -0.2) is 9.97 Å². The summed E-state index contributed by atoms with van der Waals surface area (Å²) in [6, 6.07) is 0. The van der Waals surface area contributed by atoms with Gasteiger partial charge >= 0.3 is 0 Å². The van der Waals surface area contributed by atoms with Crippen LogP contribution in [0.15, 0.2) is 24.0 Å². The van der Waals surface area contributed by atoms with Crippen LogP contribution < -0.4 is 5.32 Å². The number of rotatable bonds is 2. The summed E-state index contributed by atoms with van der Waals surface area (Å²) in [5.41, 5.74) is 1.25. The van der Waals surface area contributed by atoms with Gasteiger partial charge in [0.2, 0.25) is 0 Å². The maximum absolute atomic E-state index is 12.5. The Hall–Kier alpha value is -2.26. The number of aromatic nitrogens is 3. The Morgan fingerprint density at radius 3 is 2.96 bits per heavy atom. The molecule has 2 heterocycles. The zero-order chi connectivity index (χ0) is 17.3. The minimum absolute atomic E-state index is 0.00741. The number of carbonyl (C=O) groups excluding carboxylic acids is 1. The molecule has 2 atom stereocenters. The van der Waals surface area contributed by atoms with Gasteiger partial charge in [0, 0.05) is 34.4 Å². The van der Waals surface area contributed by atoms with Gasteiger partial charge in [0.15, 0.2) is 5.01 Å². The summed E-state index contributed by atoms with van der Waals surface area (Å²) >= 11 is 1.60. The summed E-state index contributed by atoms with van der Waals surface area (Å²) < 4.78 is 0. The normalized spacial score (nSPS) is 27.4. The lowest BCUT2D eigenvalue weighted by molar-refractivity contribution is 0.0866. The Bertz CT molecular complexity index is 853. The molecule has 1 amide bonds. The Morgan fingerprint density at radius 1 is 1.28 bits per heavy atom. The number of thiazole rings is 1. The first kappa shape index (κ1) is 16.2. The van der Waals surface area contributed by atoms with Crippen molar-refractivity contribution in [3.8, 4) is 11.8 Å². The third-order valence-corrected chi connectivity index (χ3v) is 6.17. The van der Waals surface area contributed by atoms with Gasteiger partial charge in [0.25, 0.3) is 5.91 Å². The molecule has 25 heavy (non-hydrogen) atoms. The van der Waals surface area contributed by atoms with Gasteiger partial charge < -0.3 is 5.32 Å². The largest absolute Gasteiger partial charge is 0.345 e. The van der Waals surface area contributed by atoms with Crippen molar-refractivity contribution < 1.29 is 4.79 Å². The molecular weight excluding hydrogens is 332 g/mol. The highest BCUT2D eigenvalue weighted by molar-refractivity contribution is 7.10. The molecule has 0 saturated heterocycles. The number of nitrogens with zero attached hydrogens (tertiary/aromatic N) is 3. The summed E-state index contributed by atoms with van der Waals surface area (Å²) in [4.78, 5) is 25.1. The zero-order valence-electron chi connectivity index (χ0n) is 14.2. The van der Waals surface area contributed by atoms with Crippen molar-refractivity contribution in [1.82, 2.24) is 20.3 Å². The smallest absolute Gasteiger partial charge is 0.271 e. The van der Waals surface area contributed by atoms with Gasteiger partial charge in [-0.3, -0.25) is 9.78 Å². The van der Waals surface area contributed by atoms with E-state index in [1.807, 2.05) is 12.3 Å².